The molecule has 0 aliphatic heterocycles. The first-order valence-electron chi connectivity index (χ1n) is 3.88. The van der Waals surface area contributed by atoms with Gasteiger partial charge in [0.15, 0.2) is 0 Å². The summed E-state index contributed by atoms with van der Waals surface area (Å²) in [7, 11) is 3.57. The number of aromatic nitrogens is 2. The highest BCUT2D eigenvalue weighted by molar-refractivity contribution is 9.10. The van der Waals surface area contributed by atoms with Crippen LogP contribution in [0.1, 0.15) is 0 Å². The van der Waals surface area contributed by atoms with E-state index in [0.29, 0.717) is 0 Å². The second-order valence-electron chi connectivity index (χ2n) is 2.80. The molecule has 0 bridgehead atoms. The van der Waals surface area contributed by atoms with E-state index >= 15 is 0 Å². The Balaban J connectivity index is 2.76. The molecule has 0 aliphatic carbocycles. The first-order chi connectivity index (χ1) is 6.22. The van der Waals surface area contributed by atoms with Crippen molar-refractivity contribution in [3.8, 4) is 5.75 Å². The Labute approximate surface area is 84.4 Å². The molecule has 0 amide bonds. The van der Waals surface area contributed by atoms with E-state index in [2.05, 4.69) is 21.0 Å². The minimum Gasteiger partial charge on any atom is -0.497 e. The maximum atomic E-state index is 5.13. The van der Waals surface area contributed by atoms with Crippen LogP contribution < -0.4 is 4.74 Å². The Morgan fingerprint density at radius 2 is 2.23 bits per heavy atom. The number of hydrogen-bond acceptors (Lipinski definition) is 2. The average Bonchev–Trinajstić information content (AvgIpc) is 2.42. The Hall–Kier alpha value is -1.03. The molecule has 1 aromatic heterocycles. The van der Waals surface area contributed by atoms with Gasteiger partial charge in [0, 0.05) is 12.4 Å². The predicted molar refractivity (Wildman–Crippen MR) is 55.0 cm³/mol. The quantitative estimate of drug-likeness (QED) is 0.766. The lowest BCUT2D eigenvalue weighted by molar-refractivity contribution is 0.415. The van der Waals surface area contributed by atoms with Crippen LogP contribution in [0.4, 0.5) is 0 Å². The lowest BCUT2D eigenvalue weighted by Gasteiger charge is -1.98. The van der Waals surface area contributed by atoms with Crippen molar-refractivity contribution < 1.29 is 4.74 Å². The highest BCUT2D eigenvalue weighted by Gasteiger charge is 2.06. The van der Waals surface area contributed by atoms with Gasteiger partial charge in [0.25, 0.3) is 0 Å². The number of ether oxygens (including phenoxy) is 1. The van der Waals surface area contributed by atoms with Gasteiger partial charge in [-0.05, 0) is 34.1 Å². The van der Waals surface area contributed by atoms with Gasteiger partial charge in [-0.15, -0.1) is 0 Å². The highest BCUT2D eigenvalue weighted by atomic mass is 79.9. The molecule has 1 heterocycles. The number of benzene rings is 1. The van der Waals surface area contributed by atoms with E-state index in [1.165, 1.54) is 0 Å². The van der Waals surface area contributed by atoms with E-state index in [-0.39, 0.29) is 0 Å². The summed E-state index contributed by atoms with van der Waals surface area (Å²) >= 11 is 3.39. The van der Waals surface area contributed by atoms with Crippen molar-refractivity contribution in [2.75, 3.05) is 7.11 Å². The van der Waals surface area contributed by atoms with Gasteiger partial charge in [-0.2, -0.15) is 5.10 Å². The van der Waals surface area contributed by atoms with Crippen molar-refractivity contribution in [3.63, 3.8) is 0 Å². The smallest absolute Gasteiger partial charge is 0.136 e. The molecular weight excluding hydrogens is 232 g/mol. The number of methoxy groups -OCH3 is 1. The zero-order valence-corrected chi connectivity index (χ0v) is 9.00. The molecule has 13 heavy (non-hydrogen) atoms. The lowest BCUT2D eigenvalue weighted by atomic mass is 10.2. The van der Waals surface area contributed by atoms with Crippen LogP contribution in [-0.4, -0.2) is 16.9 Å². The number of nitrogens with zero attached hydrogens (tertiary/aromatic N) is 2. The summed E-state index contributed by atoms with van der Waals surface area (Å²) in [6.07, 6.45) is 0. The third-order valence-corrected chi connectivity index (χ3v) is 2.60. The van der Waals surface area contributed by atoms with Crippen LogP contribution in [0.2, 0.25) is 0 Å². The van der Waals surface area contributed by atoms with E-state index in [4.69, 9.17) is 4.74 Å². The molecule has 0 fully saturated rings. The van der Waals surface area contributed by atoms with E-state index in [1.54, 1.807) is 7.11 Å². The summed E-state index contributed by atoms with van der Waals surface area (Å²) in [4.78, 5) is 0. The minimum atomic E-state index is 0.848. The lowest BCUT2D eigenvalue weighted by Crippen LogP contribution is -1.88. The summed E-state index contributed by atoms with van der Waals surface area (Å²) in [6.45, 7) is 0. The Kier molecular flexibility index (Phi) is 2.00. The number of halogens is 1. The predicted octanol–water partition coefficient (Wildman–Crippen LogP) is 2.34. The second kappa shape index (κ2) is 3.03. The van der Waals surface area contributed by atoms with Gasteiger partial charge in [0.1, 0.15) is 10.4 Å². The van der Waals surface area contributed by atoms with Crippen LogP contribution in [0, 0.1) is 0 Å². The van der Waals surface area contributed by atoms with Gasteiger partial charge < -0.3 is 4.74 Å². The number of aryl methyl sites for hydroxylation is 1. The van der Waals surface area contributed by atoms with Gasteiger partial charge in [-0.3, -0.25) is 4.68 Å². The summed E-state index contributed by atoms with van der Waals surface area (Å²) in [5.41, 5.74) is 1.09. The first-order valence-corrected chi connectivity index (χ1v) is 4.68. The molecule has 0 saturated heterocycles. The van der Waals surface area contributed by atoms with Crippen LogP contribution in [0.3, 0.4) is 0 Å². The van der Waals surface area contributed by atoms with Crippen molar-refractivity contribution in [1.82, 2.24) is 9.78 Å². The van der Waals surface area contributed by atoms with Crippen molar-refractivity contribution in [2.45, 2.75) is 0 Å². The first kappa shape index (κ1) is 8.56. The fourth-order valence-electron chi connectivity index (χ4n) is 1.33. The summed E-state index contributed by atoms with van der Waals surface area (Å²) in [6, 6.07) is 5.88. The number of hydrogen-bond donors (Lipinski definition) is 0. The van der Waals surface area contributed by atoms with Crippen molar-refractivity contribution >= 4 is 26.8 Å². The fraction of sp³-hybridized carbons (Fsp3) is 0.222. The molecule has 0 radical (unpaired) electrons. The molecule has 0 atom stereocenters. The molecule has 68 valence electrons. The van der Waals surface area contributed by atoms with Crippen LogP contribution >= 0.6 is 15.9 Å². The second-order valence-corrected chi connectivity index (χ2v) is 3.55. The molecule has 3 nitrogen and oxygen atoms in total. The van der Waals surface area contributed by atoms with E-state index < -0.39 is 0 Å². The normalized spacial score (nSPS) is 10.7. The van der Waals surface area contributed by atoms with E-state index in [0.717, 1.165) is 21.3 Å². The Morgan fingerprint density at radius 1 is 1.46 bits per heavy atom. The topological polar surface area (TPSA) is 27.1 Å². The Bertz CT molecular complexity index is 450. The third-order valence-electron chi connectivity index (χ3n) is 2.01. The summed E-state index contributed by atoms with van der Waals surface area (Å²) < 4.78 is 7.81. The number of fused-ring (bicyclic) bond motifs is 1. The van der Waals surface area contributed by atoms with Crippen LogP contribution in [0.15, 0.2) is 22.8 Å². The largest absolute Gasteiger partial charge is 0.497 e. The molecule has 0 unspecified atom stereocenters. The maximum Gasteiger partial charge on any atom is 0.136 e. The summed E-state index contributed by atoms with van der Waals surface area (Å²) in [5.74, 6) is 0.848. The van der Waals surface area contributed by atoms with Crippen LogP contribution in [0.25, 0.3) is 10.9 Å². The van der Waals surface area contributed by atoms with Crippen molar-refractivity contribution in [3.05, 3.63) is 22.8 Å². The van der Waals surface area contributed by atoms with Gasteiger partial charge in [-0.25, -0.2) is 0 Å². The molecule has 0 N–H and O–H groups in total. The van der Waals surface area contributed by atoms with Gasteiger partial charge in [-0.1, -0.05) is 0 Å². The SMILES string of the molecule is COc1ccc2c(c1)c(Br)nn2C. The minimum absolute atomic E-state index is 0.848. The molecule has 1 aromatic carbocycles. The highest BCUT2D eigenvalue weighted by Crippen LogP contribution is 2.26. The zero-order chi connectivity index (χ0) is 9.42. The standard InChI is InChI=1S/C9H9BrN2O/c1-12-8-4-3-6(13-2)5-7(8)9(10)11-12/h3-5H,1-2H3. The third kappa shape index (κ3) is 1.31. The summed E-state index contributed by atoms with van der Waals surface area (Å²) in [5, 5.41) is 5.31. The molecule has 0 spiro atoms. The van der Waals surface area contributed by atoms with Crippen LogP contribution in [0.5, 0.6) is 5.75 Å². The molecular formula is C9H9BrN2O. The average molecular weight is 241 g/mol. The van der Waals surface area contributed by atoms with Crippen LogP contribution in [-0.2, 0) is 7.05 Å². The molecule has 2 aromatic rings. The fourth-order valence-corrected chi connectivity index (χ4v) is 1.88. The molecule has 0 aliphatic rings. The van der Waals surface area contributed by atoms with Gasteiger partial charge >= 0.3 is 0 Å². The Morgan fingerprint density at radius 3 is 2.92 bits per heavy atom. The zero-order valence-electron chi connectivity index (χ0n) is 7.41. The van der Waals surface area contributed by atoms with Crippen molar-refractivity contribution in [2.24, 2.45) is 7.05 Å². The maximum absolute atomic E-state index is 5.13. The van der Waals surface area contributed by atoms with Gasteiger partial charge in [0.05, 0.1) is 12.6 Å². The van der Waals surface area contributed by atoms with Crippen molar-refractivity contribution in [1.29, 1.82) is 0 Å². The molecule has 2 rings (SSSR count). The monoisotopic (exact) mass is 240 g/mol. The van der Waals surface area contributed by atoms with Gasteiger partial charge in [0.2, 0.25) is 0 Å². The molecule has 0 saturated carbocycles. The number of rotatable bonds is 1. The molecule has 4 heteroatoms. The van der Waals surface area contributed by atoms with E-state index in [9.17, 15) is 0 Å². The van der Waals surface area contributed by atoms with E-state index in [1.807, 2.05) is 29.9 Å².